The minimum absolute atomic E-state index is 0.135. The number of esters is 1. The van der Waals surface area contributed by atoms with Crippen molar-refractivity contribution in [1.82, 2.24) is 19.8 Å². The third-order valence-electron chi connectivity index (χ3n) is 5.86. The number of aromatic nitrogens is 2. The molecule has 8 heteroatoms. The van der Waals surface area contributed by atoms with Crippen LogP contribution in [-0.4, -0.2) is 39.2 Å². The predicted molar refractivity (Wildman–Crippen MR) is 129 cm³/mol. The Hall–Kier alpha value is -2.90. The molecule has 1 aromatic carbocycles. The number of nitrogens with one attached hydrogen (secondary N) is 1. The third kappa shape index (κ3) is 4.10. The molecule has 0 bridgehead atoms. The Morgan fingerprint density at radius 1 is 1.22 bits per heavy atom. The zero-order chi connectivity index (χ0) is 22.8. The van der Waals surface area contributed by atoms with E-state index in [0.717, 1.165) is 28.3 Å². The number of benzene rings is 1. The molecule has 1 aliphatic rings. The summed E-state index contributed by atoms with van der Waals surface area (Å²) < 4.78 is 7.01. The first-order valence-corrected chi connectivity index (χ1v) is 11.2. The Kier molecular flexibility index (Phi) is 6.48. The molecule has 3 aromatic rings. The Morgan fingerprint density at radius 3 is 2.66 bits per heavy atom. The van der Waals surface area contributed by atoms with E-state index < -0.39 is 0 Å². The van der Waals surface area contributed by atoms with E-state index in [1.807, 2.05) is 42.5 Å². The van der Waals surface area contributed by atoms with Crippen molar-refractivity contribution >= 4 is 34.9 Å². The molecule has 3 heterocycles. The van der Waals surface area contributed by atoms with Crippen LogP contribution in [0.2, 0.25) is 5.02 Å². The van der Waals surface area contributed by atoms with Crippen LogP contribution < -0.4 is 5.32 Å². The van der Waals surface area contributed by atoms with Crippen LogP contribution in [0.25, 0.3) is 5.69 Å². The number of thiocarbonyl (C=S) groups is 1. The average Bonchev–Trinajstić information content (AvgIpc) is 3.28. The van der Waals surface area contributed by atoms with E-state index in [1.54, 1.807) is 6.20 Å². The molecule has 1 aliphatic heterocycles. The van der Waals surface area contributed by atoms with Crippen molar-refractivity contribution in [3.8, 4) is 5.69 Å². The molecular weight excluding hydrogens is 444 g/mol. The first kappa shape index (κ1) is 22.3. The maximum absolute atomic E-state index is 11.9. The number of carbonyl (C=O) groups excluding carboxylic acids is 1. The molecule has 2 aromatic heterocycles. The van der Waals surface area contributed by atoms with Crippen LogP contribution in [0.15, 0.2) is 54.7 Å². The molecule has 4 rings (SSSR count). The standard InChI is InChI=1S/C24H25ClN4O2S/c1-15-14-17(16(2)29(15)20-10-5-4-8-18(20)25)23-22(19-9-6-7-12-26-19)27-24(32)28(23)13-11-21(30)31-3/h4-10,12,14,22-23H,11,13H2,1-3H3,(H,27,32)/t22-,23-/m0/s1. The lowest BCUT2D eigenvalue weighted by atomic mass is 9.96. The maximum Gasteiger partial charge on any atom is 0.307 e. The van der Waals surface area contributed by atoms with Gasteiger partial charge in [-0.05, 0) is 62.0 Å². The van der Waals surface area contributed by atoms with E-state index in [1.165, 1.54) is 7.11 Å². The van der Waals surface area contributed by atoms with Gasteiger partial charge in [-0.15, -0.1) is 0 Å². The molecule has 6 nitrogen and oxygen atoms in total. The van der Waals surface area contributed by atoms with E-state index in [9.17, 15) is 4.79 Å². The largest absolute Gasteiger partial charge is 0.469 e. The number of hydrogen-bond donors (Lipinski definition) is 1. The molecule has 0 spiro atoms. The van der Waals surface area contributed by atoms with Crippen LogP contribution in [0.4, 0.5) is 0 Å². The van der Waals surface area contributed by atoms with Gasteiger partial charge in [0, 0.05) is 24.1 Å². The van der Waals surface area contributed by atoms with Gasteiger partial charge in [0.25, 0.3) is 0 Å². The number of para-hydroxylation sites is 1. The molecule has 1 fully saturated rings. The summed E-state index contributed by atoms with van der Waals surface area (Å²) in [6.07, 6.45) is 2.02. The molecule has 0 unspecified atom stereocenters. The second kappa shape index (κ2) is 9.30. The van der Waals surface area contributed by atoms with E-state index in [2.05, 4.69) is 39.7 Å². The highest BCUT2D eigenvalue weighted by atomic mass is 35.5. The molecule has 0 amide bonds. The highest BCUT2D eigenvalue weighted by Crippen LogP contribution is 2.41. The SMILES string of the molecule is COC(=O)CCN1C(=S)N[C@@H](c2ccccn2)[C@@H]1c1cc(C)n(-c2ccccc2Cl)c1C. The second-order valence-corrected chi connectivity index (χ2v) is 8.55. The van der Waals surface area contributed by atoms with Crippen LogP contribution >= 0.6 is 23.8 Å². The summed E-state index contributed by atoms with van der Waals surface area (Å²) in [5.74, 6) is -0.269. The first-order valence-electron chi connectivity index (χ1n) is 10.4. The van der Waals surface area contributed by atoms with Gasteiger partial charge in [-0.25, -0.2) is 0 Å². The summed E-state index contributed by atoms with van der Waals surface area (Å²) in [6, 6.07) is 15.5. The van der Waals surface area contributed by atoms with Gasteiger partial charge in [-0.2, -0.15) is 0 Å². The van der Waals surface area contributed by atoms with Crippen LogP contribution in [0.5, 0.6) is 0 Å². The second-order valence-electron chi connectivity index (χ2n) is 7.76. The van der Waals surface area contributed by atoms with Gasteiger partial charge >= 0.3 is 5.97 Å². The highest BCUT2D eigenvalue weighted by molar-refractivity contribution is 7.80. The van der Waals surface area contributed by atoms with Crippen molar-refractivity contribution in [2.24, 2.45) is 0 Å². The number of pyridine rings is 1. The molecule has 1 N–H and O–H groups in total. The van der Waals surface area contributed by atoms with Crippen molar-refractivity contribution in [2.45, 2.75) is 32.4 Å². The molecule has 2 atom stereocenters. The Bertz CT molecular complexity index is 1150. The Balaban J connectivity index is 1.81. The molecule has 0 saturated carbocycles. The van der Waals surface area contributed by atoms with E-state index >= 15 is 0 Å². The van der Waals surface area contributed by atoms with Gasteiger partial charge in [0.15, 0.2) is 5.11 Å². The molecule has 0 aliphatic carbocycles. The van der Waals surface area contributed by atoms with E-state index in [0.29, 0.717) is 16.7 Å². The van der Waals surface area contributed by atoms with Gasteiger partial charge in [0.05, 0.1) is 42.0 Å². The predicted octanol–water partition coefficient (Wildman–Crippen LogP) is 4.68. The number of methoxy groups -OCH3 is 1. The third-order valence-corrected chi connectivity index (χ3v) is 6.54. The lowest BCUT2D eigenvalue weighted by molar-refractivity contribution is -0.140. The molecule has 32 heavy (non-hydrogen) atoms. The minimum atomic E-state index is -0.269. The fourth-order valence-corrected chi connectivity index (χ4v) is 4.94. The van der Waals surface area contributed by atoms with E-state index in [4.69, 9.17) is 28.6 Å². The summed E-state index contributed by atoms with van der Waals surface area (Å²) in [5.41, 5.74) is 5.06. The zero-order valence-corrected chi connectivity index (χ0v) is 19.8. The Morgan fingerprint density at radius 2 is 1.97 bits per heavy atom. The number of carbonyl (C=O) groups is 1. The monoisotopic (exact) mass is 468 g/mol. The number of nitrogens with zero attached hydrogens (tertiary/aromatic N) is 3. The minimum Gasteiger partial charge on any atom is -0.469 e. The van der Waals surface area contributed by atoms with Crippen LogP contribution in [-0.2, 0) is 9.53 Å². The number of hydrogen-bond acceptors (Lipinski definition) is 4. The molecule has 1 saturated heterocycles. The summed E-state index contributed by atoms with van der Waals surface area (Å²) >= 11 is 12.2. The lowest BCUT2D eigenvalue weighted by Crippen LogP contribution is -2.32. The first-order chi connectivity index (χ1) is 15.4. The highest BCUT2D eigenvalue weighted by Gasteiger charge is 2.41. The lowest BCUT2D eigenvalue weighted by Gasteiger charge is -2.28. The van der Waals surface area contributed by atoms with Crippen molar-refractivity contribution in [3.63, 3.8) is 0 Å². The quantitative estimate of drug-likeness (QED) is 0.418. The number of ether oxygens (including phenoxy) is 1. The average molecular weight is 469 g/mol. The van der Waals surface area contributed by atoms with Gasteiger partial charge < -0.3 is 19.5 Å². The van der Waals surface area contributed by atoms with Gasteiger partial charge in [-0.3, -0.25) is 9.78 Å². The number of halogens is 1. The van der Waals surface area contributed by atoms with Gasteiger partial charge in [0.2, 0.25) is 0 Å². The van der Waals surface area contributed by atoms with Gasteiger partial charge in [0.1, 0.15) is 0 Å². The summed E-state index contributed by atoms with van der Waals surface area (Å²) in [7, 11) is 1.40. The Labute approximate surface area is 198 Å². The number of aryl methyl sites for hydroxylation is 1. The fourth-order valence-electron chi connectivity index (χ4n) is 4.39. The van der Waals surface area contributed by atoms with Crippen LogP contribution in [0, 0.1) is 13.8 Å². The normalized spacial score (nSPS) is 18.0. The molecule has 0 radical (unpaired) electrons. The summed E-state index contributed by atoms with van der Waals surface area (Å²) in [5, 5.41) is 4.70. The van der Waals surface area contributed by atoms with Crippen molar-refractivity contribution < 1.29 is 9.53 Å². The topological polar surface area (TPSA) is 59.4 Å². The molecule has 166 valence electrons. The fraction of sp³-hybridized carbons (Fsp3) is 0.292. The van der Waals surface area contributed by atoms with Crippen LogP contribution in [0.3, 0.4) is 0 Å². The summed E-state index contributed by atoms with van der Waals surface area (Å²) in [6.45, 7) is 4.60. The van der Waals surface area contributed by atoms with Crippen LogP contribution in [0.1, 0.15) is 41.1 Å². The van der Waals surface area contributed by atoms with Crippen molar-refractivity contribution in [3.05, 3.63) is 82.4 Å². The van der Waals surface area contributed by atoms with E-state index in [-0.39, 0.29) is 24.5 Å². The maximum atomic E-state index is 11.9. The van der Waals surface area contributed by atoms with Crippen molar-refractivity contribution in [2.75, 3.05) is 13.7 Å². The summed E-state index contributed by atoms with van der Waals surface area (Å²) in [4.78, 5) is 18.5. The number of rotatable bonds is 6. The van der Waals surface area contributed by atoms with Crippen molar-refractivity contribution in [1.29, 1.82) is 0 Å². The zero-order valence-electron chi connectivity index (χ0n) is 18.2. The molecular formula is C24H25ClN4O2S. The smallest absolute Gasteiger partial charge is 0.307 e. The van der Waals surface area contributed by atoms with Gasteiger partial charge in [-0.1, -0.05) is 29.8 Å².